The van der Waals surface area contributed by atoms with Crippen LogP contribution in [0.4, 0.5) is 5.69 Å². The monoisotopic (exact) mass is 408 g/mol. The summed E-state index contributed by atoms with van der Waals surface area (Å²) in [4.78, 5) is 27.5. The van der Waals surface area contributed by atoms with Crippen molar-refractivity contribution in [3.05, 3.63) is 89.0 Å². The lowest BCUT2D eigenvalue weighted by molar-refractivity contribution is -0.137. The summed E-state index contributed by atoms with van der Waals surface area (Å²) in [5, 5.41) is 3.54. The lowest BCUT2D eigenvalue weighted by Crippen LogP contribution is -2.31. The molecule has 1 N–H and O–H groups in total. The van der Waals surface area contributed by atoms with E-state index in [9.17, 15) is 9.59 Å². The van der Waals surface area contributed by atoms with Crippen molar-refractivity contribution in [2.24, 2.45) is 0 Å². The molecule has 1 aliphatic heterocycles. The van der Waals surface area contributed by atoms with Crippen LogP contribution in [0, 0.1) is 0 Å². The van der Waals surface area contributed by atoms with Gasteiger partial charge in [0.25, 0.3) is 11.8 Å². The second kappa shape index (κ2) is 7.85. The first-order chi connectivity index (χ1) is 14.1. The molecular weight excluding hydrogens is 392 g/mol. The molecule has 0 saturated heterocycles. The smallest absolute Gasteiger partial charge is 0.278 e. The SMILES string of the molecule is COc1ccc(Cl)cc1NC1=C(c2ccccc2)C(=O)N(Cc2ccco2)C1=O. The van der Waals surface area contributed by atoms with Gasteiger partial charge in [0.2, 0.25) is 0 Å². The van der Waals surface area contributed by atoms with Crippen LogP contribution in [0.3, 0.4) is 0 Å². The van der Waals surface area contributed by atoms with Gasteiger partial charge in [0, 0.05) is 5.02 Å². The average Bonchev–Trinajstić information content (AvgIpc) is 3.32. The molecule has 0 fully saturated rings. The molecule has 2 amide bonds. The zero-order valence-electron chi connectivity index (χ0n) is 15.5. The van der Waals surface area contributed by atoms with Crippen molar-refractivity contribution in [3.8, 4) is 5.75 Å². The summed E-state index contributed by atoms with van der Waals surface area (Å²) in [6, 6.07) is 17.5. The minimum Gasteiger partial charge on any atom is -0.495 e. The van der Waals surface area contributed by atoms with Gasteiger partial charge in [-0.25, -0.2) is 0 Å². The van der Waals surface area contributed by atoms with Crippen LogP contribution < -0.4 is 10.1 Å². The number of halogens is 1. The predicted molar refractivity (Wildman–Crippen MR) is 109 cm³/mol. The van der Waals surface area contributed by atoms with Crippen molar-refractivity contribution < 1.29 is 18.7 Å². The summed E-state index contributed by atoms with van der Waals surface area (Å²) < 4.78 is 10.7. The van der Waals surface area contributed by atoms with E-state index < -0.39 is 11.8 Å². The maximum absolute atomic E-state index is 13.2. The largest absolute Gasteiger partial charge is 0.495 e. The molecule has 0 radical (unpaired) electrons. The van der Waals surface area contributed by atoms with Crippen LogP contribution in [0.25, 0.3) is 5.57 Å². The number of rotatable bonds is 6. The normalized spacial score (nSPS) is 13.9. The highest BCUT2D eigenvalue weighted by Gasteiger charge is 2.39. The Kier molecular flexibility index (Phi) is 5.10. The Morgan fingerprint density at radius 2 is 1.83 bits per heavy atom. The van der Waals surface area contributed by atoms with Crippen LogP contribution >= 0.6 is 11.6 Å². The molecule has 3 aromatic rings. The quantitative estimate of drug-likeness (QED) is 0.614. The number of carbonyl (C=O) groups excluding carboxylic acids is 2. The first-order valence-electron chi connectivity index (χ1n) is 8.87. The van der Waals surface area contributed by atoms with E-state index in [2.05, 4.69) is 5.32 Å². The van der Waals surface area contributed by atoms with Crippen LogP contribution in [-0.4, -0.2) is 23.8 Å². The number of hydrogen-bond acceptors (Lipinski definition) is 5. The molecule has 1 aromatic heterocycles. The summed E-state index contributed by atoms with van der Waals surface area (Å²) in [6.45, 7) is 0.0405. The Morgan fingerprint density at radius 1 is 1.03 bits per heavy atom. The Morgan fingerprint density at radius 3 is 2.52 bits per heavy atom. The number of carbonyl (C=O) groups is 2. The molecular formula is C22H17ClN2O4. The molecule has 1 aliphatic rings. The van der Waals surface area contributed by atoms with Crippen molar-refractivity contribution in [3.63, 3.8) is 0 Å². The molecule has 29 heavy (non-hydrogen) atoms. The van der Waals surface area contributed by atoms with Gasteiger partial charge >= 0.3 is 0 Å². The second-order valence-corrected chi connectivity index (χ2v) is 6.80. The first-order valence-corrected chi connectivity index (χ1v) is 9.25. The van der Waals surface area contributed by atoms with E-state index in [4.69, 9.17) is 20.8 Å². The number of anilines is 1. The molecule has 2 heterocycles. The van der Waals surface area contributed by atoms with Crippen LogP contribution in [0.5, 0.6) is 5.75 Å². The molecule has 146 valence electrons. The molecule has 6 nitrogen and oxygen atoms in total. The molecule has 7 heteroatoms. The minimum atomic E-state index is -0.452. The van der Waals surface area contributed by atoms with E-state index >= 15 is 0 Å². The van der Waals surface area contributed by atoms with E-state index in [1.807, 2.05) is 18.2 Å². The van der Waals surface area contributed by atoms with Gasteiger partial charge in [-0.2, -0.15) is 0 Å². The van der Waals surface area contributed by atoms with Gasteiger partial charge in [-0.3, -0.25) is 14.5 Å². The van der Waals surface area contributed by atoms with E-state index in [1.54, 1.807) is 42.5 Å². The third kappa shape index (κ3) is 3.62. The van der Waals surface area contributed by atoms with Gasteiger partial charge in [0.15, 0.2) is 0 Å². The van der Waals surface area contributed by atoms with Crippen molar-refractivity contribution in [2.75, 3.05) is 12.4 Å². The lowest BCUT2D eigenvalue weighted by Gasteiger charge is -2.14. The van der Waals surface area contributed by atoms with E-state index in [1.165, 1.54) is 13.4 Å². The Labute approximate surface area is 172 Å². The van der Waals surface area contributed by atoms with Gasteiger partial charge in [0.1, 0.15) is 17.2 Å². The molecule has 0 unspecified atom stereocenters. The van der Waals surface area contributed by atoms with Gasteiger partial charge in [0.05, 0.1) is 31.2 Å². The Balaban J connectivity index is 1.78. The fourth-order valence-electron chi connectivity index (χ4n) is 3.18. The number of amides is 2. The molecule has 4 rings (SSSR count). The van der Waals surface area contributed by atoms with Crippen LogP contribution in [0.1, 0.15) is 11.3 Å². The number of nitrogens with one attached hydrogen (secondary N) is 1. The number of methoxy groups -OCH3 is 1. The zero-order valence-corrected chi connectivity index (χ0v) is 16.3. The number of imide groups is 1. The maximum Gasteiger partial charge on any atom is 0.278 e. The standard InChI is InChI=1S/C22H17ClN2O4/c1-28-18-10-9-15(23)12-17(18)24-20-19(14-6-3-2-4-7-14)21(26)25(22(20)27)13-16-8-5-11-29-16/h2-12,24H,13H2,1H3. The topological polar surface area (TPSA) is 71.8 Å². The van der Waals surface area contributed by atoms with E-state index in [0.717, 1.165) is 4.90 Å². The molecule has 0 bridgehead atoms. The van der Waals surface area contributed by atoms with Gasteiger partial charge in [-0.15, -0.1) is 0 Å². The molecule has 0 spiro atoms. The van der Waals surface area contributed by atoms with Crippen molar-refractivity contribution in [1.29, 1.82) is 0 Å². The van der Waals surface area contributed by atoms with Gasteiger partial charge in [-0.1, -0.05) is 41.9 Å². The molecule has 0 saturated carbocycles. The lowest BCUT2D eigenvalue weighted by atomic mass is 10.0. The van der Waals surface area contributed by atoms with Crippen LogP contribution in [0.15, 0.2) is 77.0 Å². The Hall–Kier alpha value is -3.51. The number of benzene rings is 2. The fraction of sp³-hybridized carbons (Fsp3) is 0.0909. The summed E-state index contributed by atoms with van der Waals surface area (Å²) >= 11 is 6.11. The minimum absolute atomic E-state index is 0.0405. The number of hydrogen-bond donors (Lipinski definition) is 1. The molecule has 2 aromatic carbocycles. The van der Waals surface area contributed by atoms with E-state index in [0.29, 0.717) is 27.8 Å². The molecule has 0 aliphatic carbocycles. The number of furan rings is 1. The summed E-state index contributed by atoms with van der Waals surface area (Å²) in [5.41, 5.74) is 1.57. The van der Waals surface area contributed by atoms with Gasteiger partial charge < -0.3 is 14.5 Å². The number of nitrogens with zero attached hydrogens (tertiary/aromatic N) is 1. The highest BCUT2D eigenvalue weighted by molar-refractivity contribution is 6.36. The van der Waals surface area contributed by atoms with Crippen molar-refractivity contribution in [1.82, 2.24) is 4.90 Å². The zero-order chi connectivity index (χ0) is 20.4. The first kappa shape index (κ1) is 18.8. The summed E-state index contributed by atoms with van der Waals surface area (Å²) in [7, 11) is 1.52. The van der Waals surface area contributed by atoms with Crippen LogP contribution in [0.2, 0.25) is 5.02 Å². The summed E-state index contributed by atoms with van der Waals surface area (Å²) in [6.07, 6.45) is 1.50. The molecule has 0 atom stereocenters. The summed E-state index contributed by atoms with van der Waals surface area (Å²) in [5.74, 6) is 0.160. The van der Waals surface area contributed by atoms with E-state index in [-0.39, 0.29) is 17.8 Å². The number of ether oxygens (including phenoxy) is 1. The Bertz CT molecular complexity index is 1090. The predicted octanol–water partition coefficient (Wildman–Crippen LogP) is 4.33. The third-order valence-corrected chi connectivity index (χ3v) is 4.78. The highest BCUT2D eigenvalue weighted by atomic mass is 35.5. The fourth-order valence-corrected chi connectivity index (χ4v) is 3.35. The van der Waals surface area contributed by atoms with Crippen molar-refractivity contribution >= 4 is 34.7 Å². The van der Waals surface area contributed by atoms with Gasteiger partial charge in [-0.05, 0) is 35.9 Å². The second-order valence-electron chi connectivity index (χ2n) is 6.36. The van der Waals surface area contributed by atoms with Crippen molar-refractivity contribution in [2.45, 2.75) is 6.54 Å². The average molecular weight is 409 g/mol. The van der Waals surface area contributed by atoms with Crippen LogP contribution in [-0.2, 0) is 16.1 Å². The third-order valence-electron chi connectivity index (χ3n) is 4.55. The maximum atomic E-state index is 13.2. The highest BCUT2D eigenvalue weighted by Crippen LogP contribution is 2.35.